The lowest BCUT2D eigenvalue weighted by Crippen LogP contribution is -2.58. The number of nitrogens with zero attached hydrogens (tertiary/aromatic N) is 1. The standard InChI is InChI=1S/C39H45NO13/c1-21-16-17-37(6,7)34(51-25(5)43)31(49-23(3)41)30(53-36(46)27-15-12-18-40-19-27)22(2)29(52-35(45)26-13-10-9-11-14-26)28-33(50-24(4)42)38(8,47)20-39(28,48)32(21)44/h9-19,21,28-31,33-34,47-48H,2,20H2,1,3-8H3. The molecule has 9 unspecified atom stereocenters. The third kappa shape index (κ3) is 8.88. The Morgan fingerprint density at radius 3 is 1.89 bits per heavy atom. The van der Waals surface area contributed by atoms with Crippen LogP contribution >= 0.6 is 0 Å². The van der Waals surface area contributed by atoms with Gasteiger partial charge >= 0.3 is 29.8 Å². The molecule has 14 heteroatoms. The summed E-state index contributed by atoms with van der Waals surface area (Å²) in [5, 5.41) is 24.3. The number of carbonyl (C=O) groups excluding carboxylic acids is 6. The maximum atomic E-state index is 14.4. The molecule has 2 aromatic rings. The quantitative estimate of drug-likeness (QED) is 0.238. The lowest BCUT2D eigenvalue weighted by atomic mass is 9.72. The molecule has 0 saturated heterocycles. The summed E-state index contributed by atoms with van der Waals surface area (Å²) in [6.45, 7) is 13.3. The number of hydrogen-bond donors (Lipinski definition) is 2. The molecule has 0 aliphatic heterocycles. The van der Waals surface area contributed by atoms with Crippen LogP contribution in [0.2, 0.25) is 0 Å². The van der Waals surface area contributed by atoms with Crippen LogP contribution in [0.25, 0.3) is 0 Å². The van der Waals surface area contributed by atoms with Gasteiger partial charge in [-0.1, -0.05) is 57.7 Å². The zero-order chi connectivity index (χ0) is 39.5. The molecule has 0 amide bonds. The summed E-state index contributed by atoms with van der Waals surface area (Å²) in [5.41, 5.74) is -6.39. The van der Waals surface area contributed by atoms with E-state index in [1.165, 1.54) is 62.7 Å². The first kappa shape index (κ1) is 40.6. The van der Waals surface area contributed by atoms with E-state index in [0.29, 0.717) is 0 Å². The smallest absolute Gasteiger partial charge is 0.340 e. The molecule has 0 bridgehead atoms. The molecule has 1 aromatic heterocycles. The zero-order valence-corrected chi connectivity index (χ0v) is 30.6. The van der Waals surface area contributed by atoms with E-state index in [1.807, 2.05) is 0 Å². The highest BCUT2D eigenvalue weighted by Crippen LogP contribution is 2.51. The van der Waals surface area contributed by atoms with Crippen molar-refractivity contribution in [2.24, 2.45) is 17.3 Å². The third-order valence-electron chi connectivity index (χ3n) is 9.42. The van der Waals surface area contributed by atoms with Crippen LogP contribution in [0.3, 0.4) is 0 Å². The first-order valence-corrected chi connectivity index (χ1v) is 17.0. The largest absolute Gasteiger partial charge is 0.459 e. The van der Waals surface area contributed by atoms with Crippen molar-refractivity contribution in [1.82, 2.24) is 4.98 Å². The Morgan fingerprint density at radius 2 is 1.32 bits per heavy atom. The summed E-state index contributed by atoms with van der Waals surface area (Å²) in [5.74, 6) is -8.37. The number of fused-ring (bicyclic) bond motifs is 1. The van der Waals surface area contributed by atoms with Crippen LogP contribution in [0.5, 0.6) is 0 Å². The Kier molecular flexibility index (Phi) is 12.1. The molecule has 1 aromatic carbocycles. The minimum absolute atomic E-state index is 0.0192. The third-order valence-corrected chi connectivity index (χ3v) is 9.42. The summed E-state index contributed by atoms with van der Waals surface area (Å²) in [7, 11) is 0. The molecule has 1 fully saturated rings. The van der Waals surface area contributed by atoms with Gasteiger partial charge in [-0.25, -0.2) is 9.59 Å². The first-order valence-electron chi connectivity index (χ1n) is 17.0. The minimum Gasteiger partial charge on any atom is -0.459 e. The SMILES string of the molecule is C=C1C(OC(=O)c2cccnc2)C(OC(C)=O)C(OC(C)=O)C(C)(C)C=CC(C)C(=O)C2(O)CC(C)(O)C(OC(C)=O)C2C1OC(=O)c1ccccc1. The van der Waals surface area contributed by atoms with E-state index in [0.717, 1.165) is 20.8 Å². The number of carbonyl (C=O) groups is 6. The number of aromatic nitrogens is 1. The number of pyridine rings is 1. The number of Topliss-reactive ketones (excluding diaryl/α,β-unsaturated/α-hetero) is 1. The van der Waals surface area contributed by atoms with Gasteiger partial charge in [0, 0.05) is 56.5 Å². The molecule has 4 rings (SSSR count). The molecular formula is C39H45NO13. The van der Waals surface area contributed by atoms with Crippen LogP contribution < -0.4 is 0 Å². The number of allylic oxidation sites excluding steroid dienone is 1. The van der Waals surface area contributed by atoms with Gasteiger partial charge in [-0.15, -0.1) is 0 Å². The van der Waals surface area contributed by atoms with Crippen molar-refractivity contribution in [2.75, 3.05) is 0 Å². The zero-order valence-electron chi connectivity index (χ0n) is 30.6. The highest BCUT2D eigenvalue weighted by atomic mass is 16.6. The molecule has 53 heavy (non-hydrogen) atoms. The summed E-state index contributed by atoms with van der Waals surface area (Å²) in [6.07, 6.45) is -3.78. The highest BCUT2D eigenvalue weighted by Gasteiger charge is 2.68. The number of hydrogen-bond acceptors (Lipinski definition) is 14. The van der Waals surface area contributed by atoms with Crippen LogP contribution in [-0.2, 0) is 42.9 Å². The van der Waals surface area contributed by atoms with E-state index in [-0.39, 0.29) is 16.7 Å². The molecule has 1 heterocycles. The topological polar surface area (TPSA) is 202 Å². The minimum atomic E-state index is -2.58. The molecule has 284 valence electrons. The number of ether oxygens (including phenoxy) is 5. The van der Waals surface area contributed by atoms with Crippen molar-refractivity contribution in [3.05, 3.63) is 90.3 Å². The molecule has 0 radical (unpaired) electrons. The van der Waals surface area contributed by atoms with Gasteiger partial charge in [0.05, 0.1) is 17.0 Å². The summed E-state index contributed by atoms with van der Waals surface area (Å²) in [6, 6.07) is 10.5. The van der Waals surface area contributed by atoms with Crippen molar-refractivity contribution in [3.63, 3.8) is 0 Å². The van der Waals surface area contributed by atoms with E-state index < -0.39 is 101 Å². The van der Waals surface area contributed by atoms with Crippen molar-refractivity contribution in [2.45, 2.75) is 96.6 Å². The van der Waals surface area contributed by atoms with Gasteiger partial charge in [0.25, 0.3) is 0 Å². The van der Waals surface area contributed by atoms with Crippen molar-refractivity contribution in [1.29, 1.82) is 0 Å². The van der Waals surface area contributed by atoms with Crippen LogP contribution in [0.4, 0.5) is 0 Å². The van der Waals surface area contributed by atoms with Crippen LogP contribution in [0.15, 0.2) is 79.2 Å². The fourth-order valence-electron chi connectivity index (χ4n) is 7.02. The molecule has 2 N–H and O–H groups in total. The Hall–Kier alpha value is -5.21. The van der Waals surface area contributed by atoms with E-state index in [2.05, 4.69) is 11.6 Å². The second-order valence-corrected chi connectivity index (χ2v) is 14.3. The van der Waals surface area contributed by atoms with Gasteiger partial charge in [0.15, 0.2) is 24.1 Å². The molecule has 14 nitrogen and oxygen atoms in total. The number of rotatable bonds is 7. The van der Waals surface area contributed by atoms with Crippen molar-refractivity contribution in [3.8, 4) is 0 Å². The summed E-state index contributed by atoms with van der Waals surface area (Å²) >= 11 is 0. The van der Waals surface area contributed by atoms with Gasteiger partial charge in [-0.3, -0.25) is 24.2 Å². The van der Waals surface area contributed by atoms with Gasteiger partial charge in [-0.05, 0) is 31.2 Å². The van der Waals surface area contributed by atoms with E-state index in [1.54, 1.807) is 32.0 Å². The molecule has 2 aliphatic carbocycles. The maximum Gasteiger partial charge on any atom is 0.340 e. The normalized spacial score (nSPS) is 31.2. The summed E-state index contributed by atoms with van der Waals surface area (Å²) in [4.78, 5) is 84.2. The fourth-order valence-corrected chi connectivity index (χ4v) is 7.02. The van der Waals surface area contributed by atoms with Crippen molar-refractivity contribution >= 4 is 35.6 Å². The predicted molar refractivity (Wildman–Crippen MR) is 186 cm³/mol. The lowest BCUT2D eigenvalue weighted by Gasteiger charge is -2.44. The Bertz CT molecular complexity index is 1770. The Morgan fingerprint density at radius 1 is 0.774 bits per heavy atom. The molecule has 1 saturated carbocycles. The molecule has 9 atom stereocenters. The lowest BCUT2D eigenvalue weighted by molar-refractivity contribution is -0.184. The number of ketones is 1. The van der Waals surface area contributed by atoms with Gasteiger partial charge < -0.3 is 33.9 Å². The van der Waals surface area contributed by atoms with E-state index in [9.17, 15) is 39.0 Å². The van der Waals surface area contributed by atoms with Gasteiger partial charge in [-0.2, -0.15) is 0 Å². The second-order valence-electron chi connectivity index (χ2n) is 14.3. The molecular weight excluding hydrogens is 690 g/mol. The van der Waals surface area contributed by atoms with Crippen molar-refractivity contribution < 1.29 is 62.7 Å². The summed E-state index contributed by atoms with van der Waals surface area (Å²) < 4.78 is 29.3. The Labute approximate surface area is 307 Å². The van der Waals surface area contributed by atoms with Gasteiger partial charge in [0.1, 0.15) is 23.4 Å². The number of esters is 5. The highest BCUT2D eigenvalue weighted by molar-refractivity contribution is 5.93. The fraction of sp³-hybridized carbons (Fsp3) is 0.462. The van der Waals surface area contributed by atoms with Crippen LogP contribution in [-0.4, -0.2) is 92.5 Å². The van der Waals surface area contributed by atoms with Gasteiger partial charge in [0.2, 0.25) is 0 Å². The molecule has 0 spiro atoms. The maximum absolute atomic E-state index is 14.4. The number of aliphatic hydroxyl groups is 2. The average molecular weight is 736 g/mol. The number of benzene rings is 1. The Balaban J connectivity index is 2.10. The van der Waals surface area contributed by atoms with Crippen LogP contribution in [0, 0.1) is 17.3 Å². The average Bonchev–Trinajstić information content (AvgIpc) is 3.29. The molecule has 2 aliphatic rings. The predicted octanol–water partition coefficient (Wildman–Crippen LogP) is 3.49. The monoisotopic (exact) mass is 735 g/mol. The van der Waals surface area contributed by atoms with Crippen LogP contribution in [0.1, 0.15) is 75.6 Å². The first-order chi connectivity index (χ1) is 24.7. The van der Waals surface area contributed by atoms with E-state index >= 15 is 0 Å². The second kappa shape index (κ2) is 15.8. The van der Waals surface area contributed by atoms with E-state index in [4.69, 9.17) is 23.7 Å².